The molecule has 42 heavy (non-hydrogen) atoms. The van der Waals surface area contributed by atoms with Gasteiger partial charge in [-0.1, -0.05) is 38.1 Å². The number of para-hydroxylation sites is 1. The Kier molecular flexibility index (Phi) is 9.22. The van der Waals surface area contributed by atoms with Gasteiger partial charge in [0, 0.05) is 37.3 Å². The minimum atomic E-state index is -3.66. The van der Waals surface area contributed by atoms with Crippen molar-refractivity contribution in [3.63, 3.8) is 0 Å². The van der Waals surface area contributed by atoms with Crippen molar-refractivity contribution in [3.05, 3.63) is 60.8 Å². The Morgan fingerprint density at radius 2 is 1.83 bits per heavy atom. The zero-order valence-electron chi connectivity index (χ0n) is 24.0. The SMILES string of the molecule is CC(C)CS(=O)(=O)c1cccc(OCC(O)CN[C@H]2COC3(CCN(S(=O)(=O)c4cnc5ccccc5c4)CC3)C2)c1. The minimum Gasteiger partial charge on any atom is -0.491 e. The standard InChI is InChI=1S/C30H39N3O7S2/c1-22(2)21-41(35,36)27-8-5-7-26(15-27)39-20-25(34)17-31-24-16-30(40-19-24)10-12-33(13-11-30)42(37,38)28-14-23-6-3-4-9-29(23)32-18-28/h3-9,14-15,18,22,24-25,31,34H,10-13,16-17,19-21H2,1-2H3/t24-,25?/m1/s1. The van der Waals surface area contributed by atoms with E-state index in [0.717, 1.165) is 17.3 Å². The Balaban J connectivity index is 1.08. The van der Waals surface area contributed by atoms with E-state index in [1.807, 2.05) is 38.1 Å². The first-order valence-corrected chi connectivity index (χ1v) is 17.4. The van der Waals surface area contributed by atoms with Crippen LogP contribution in [0.1, 0.15) is 33.1 Å². The molecular weight excluding hydrogens is 578 g/mol. The highest BCUT2D eigenvalue weighted by Crippen LogP contribution is 2.37. The predicted octanol–water partition coefficient (Wildman–Crippen LogP) is 3.01. The highest BCUT2D eigenvalue weighted by molar-refractivity contribution is 7.91. The number of sulfone groups is 1. The number of sulfonamides is 1. The van der Waals surface area contributed by atoms with Crippen molar-refractivity contribution in [3.8, 4) is 5.75 Å². The summed E-state index contributed by atoms with van der Waals surface area (Å²) in [6.07, 6.45) is 2.52. The van der Waals surface area contributed by atoms with Crippen LogP contribution in [-0.4, -0.2) is 87.6 Å². The van der Waals surface area contributed by atoms with Crippen LogP contribution >= 0.6 is 0 Å². The Labute approximate surface area is 248 Å². The number of nitrogens with one attached hydrogen (secondary N) is 1. The number of hydrogen-bond acceptors (Lipinski definition) is 9. The summed E-state index contributed by atoms with van der Waals surface area (Å²) >= 11 is 0. The summed E-state index contributed by atoms with van der Waals surface area (Å²) in [4.78, 5) is 4.73. The van der Waals surface area contributed by atoms with Gasteiger partial charge in [0.05, 0.1) is 28.4 Å². The molecule has 1 unspecified atom stereocenters. The molecule has 2 saturated heterocycles. The Morgan fingerprint density at radius 3 is 2.60 bits per heavy atom. The molecule has 1 spiro atoms. The number of aliphatic hydroxyl groups is 1. The Morgan fingerprint density at radius 1 is 1.07 bits per heavy atom. The largest absolute Gasteiger partial charge is 0.491 e. The summed E-state index contributed by atoms with van der Waals surface area (Å²) in [6.45, 7) is 5.22. The van der Waals surface area contributed by atoms with E-state index in [-0.39, 0.29) is 40.7 Å². The lowest BCUT2D eigenvalue weighted by Gasteiger charge is -2.38. The maximum absolute atomic E-state index is 13.3. The normalized spacial score (nSPS) is 20.3. The third-order valence-electron chi connectivity index (χ3n) is 7.85. The molecule has 2 aliphatic heterocycles. The van der Waals surface area contributed by atoms with Crippen molar-refractivity contribution in [2.45, 2.75) is 60.6 Å². The number of benzene rings is 2. The number of piperidine rings is 1. The number of hydrogen-bond donors (Lipinski definition) is 2. The molecule has 0 aliphatic carbocycles. The fourth-order valence-corrected chi connectivity index (χ4v) is 8.72. The van der Waals surface area contributed by atoms with E-state index >= 15 is 0 Å². The number of aliphatic hydroxyl groups excluding tert-OH is 1. The molecule has 10 nitrogen and oxygen atoms in total. The van der Waals surface area contributed by atoms with Crippen LogP contribution in [0.15, 0.2) is 70.6 Å². The maximum atomic E-state index is 13.3. The first-order valence-electron chi connectivity index (χ1n) is 14.3. The molecule has 3 heterocycles. The number of nitrogens with zero attached hydrogens (tertiary/aromatic N) is 2. The van der Waals surface area contributed by atoms with Crippen LogP contribution in [0, 0.1) is 5.92 Å². The summed E-state index contributed by atoms with van der Waals surface area (Å²) in [7, 11) is -7.06. The van der Waals surface area contributed by atoms with Crippen LogP contribution in [-0.2, 0) is 24.6 Å². The lowest BCUT2D eigenvalue weighted by Crippen LogP contribution is -2.47. The number of ether oxygens (including phenoxy) is 2. The van der Waals surface area contributed by atoms with Gasteiger partial charge in [0.1, 0.15) is 23.4 Å². The van der Waals surface area contributed by atoms with Crippen molar-refractivity contribution in [2.24, 2.45) is 5.92 Å². The summed E-state index contributed by atoms with van der Waals surface area (Å²) < 4.78 is 65.1. The smallest absolute Gasteiger partial charge is 0.244 e. The molecule has 2 aliphatic rings. The van der Waals surface area contributed by atoms with Crippen LogP contribution < -0.4 is 10.1 Å². The van der Waals surface area contributed by atoms with E-state index in [0.29, 0.717) is 38.3 Å². The molecule has 1 aromatic heterocycles. The van der Waals surface area contributed by atoms with Crippen LogP contribution in [0.5, 0.6) is 5.75 Å². The van der Waals surface area contributed by atoms with Crippen LogP contribution in [0.25, 0.3) is 10.9 Å². The second-order valence-corrected chi connectivity index (χ2v) is 15.7. The van der Waals surface area contributed by atoms with Gasteiger partial charge in [-0.3, -0.25) is 4.98 Å². The zero-order valence-corrected chi connectivity index (χ0v) is 25.6. The second kappa shape index (κ2) is 12.6. The van der Waals surface area contributed by atoms with Gasteiger partial charge in [-0.15, -0.1) is 0 Å². The zero-order chi connectivity index (χ0) is 30.0. The van der Waals surface area contributed by atoms with Gasteiger partial charge in [0.15, 0.2) is 9.84 Å². The average molecular weight is 618 g/mol. The van der Waals surface area contributed by atoms with E-state index in [4.69, 9.17) is 9.47 Å². The van der Waals surface area contributed by atoms with Gasteiger partial charge in [0.25, 0.3) is 0 Å². The van der Waals surface area contributed by atoms with Crippen molar-refractivity contribution >= 4 is 30.8 Å². The third-order valence-corrected chi connectivity index (χ3v) is 11.8. The molecule has 5 rings (SSSR count). The van der Waals surface area contributed by atoms with E-state index in [9.17, 15) is 21.9 Å². The lowest BCUT2D eigenvalue weighted by molar-refractivity contribution is -0.0312. The fourth-order valence-electron chi connectivity index (χ4n) is 5.65. The van der Waals surface area contributed by atoms with E-state index < -0.39 is 31.6 Å². The Bertz CT molecular complexity index is 1600. The lowest BCUT2D eigenvalue weighted by atomic mass is 9.88. The van der Waals surface area contributed by atoms with Crippen molar-refractivity contribution in [1.29, 1.82) is 0 Å². The summed E-state index contributed by atoms with van der Waals surface area (Å²) in [5.41, 5.74) is 0.361. The minimum absolute atomic E-state index is 0.00977. The summed E-state index contributed by atoms with van der Waals surface area (Å²) in [6, 6.07) is 15.5. The Hall–Kier alpha value is -2.61. The molecule has 2 atom stereocenters. The number of rotatable bonds is 11. The molecule has 2 fully saturated rings. The molecule has 0 radical (unpaired) electrons. The van der Waals surface area contributed by atoms with E-state index in [1.165, 1.54) is 16.6 Å². The number of pyridine rings is 1. The molecule has 0 amide bonds. The quantitative estimate of drug-likeness (QED) is 0.333. The number of fused-ring (bicyclic) bond motifs is 1. The molecule has 12 heteroatoms. The average Bonchev–Trinajstić information content (AvgIpc) is 3.36. The van der Waals surface area contributed by atoms with Crippen molar-refractivity contribution < 1.29 is 31.4 Å². The second-order valence-electron chi connectivity index (χ2n) is 11.7. The molecule has 228 valence electrons. The number of aromatic nitrogens is 1. The van der Waals surface area contributed by atoms with E-state index in [2.05, 4.69) is 10.3 Å². The molecule has 2 N–H and O–H groups in total. The van der Waals surface area contributed by atoms with Gasteiger partial charge in [-0.2, -0.15) is 4.31 Å². The predicted molar refractivity (Wildman–Crippen MR) is 160 cm³/mol. The van der Waals surface area contributed by atoms with Crippen LogP contribution in [0.2, 0.25) is 0 Å². The van der Waals surface area contributed by atoms with Gasteiger partial charge in [0.2, 0.25) is 10.0 Å². The monoisotopic (exact) mass is 617 g/mol. The summed E-state index contributed by atoms with van der Waals surface area (Å²) in [5, 5.41) is 14.6. The molecule has 0 saturated carbocycles. The fraction of sp³-hybridized carbons (Fsp3) is 0.500. The first-order chi connectivity index (χ1) is 20.0. The van der Waals surface area contributed by atoms with Gasteiger partial charge in [-0.25, -0.2) is 16.8 Å². The van der Waals surface area contributed by atoms with Gasteiger partial charge >= 0.3 is 0 Å². The first kappa shape index (κ1) is 30.8. The van der Waals surface area contributed by atoms with Crippen molar-refractivity contribution in [2.75, 3.05) is 38.6 Å². The van der Waals surface area contributed by atoms with Crippen LogP contribution in [0.4, 0.5) is 0 Å². The topological polar surface area (TPSA) is 135 Å². The van der Waals surface area contributed by atoms with Crippen molar-refractivity contribution in [1.82, 2.24) is 14.6 Å². The van der Waals surface area contributed by atoms with Gasteiger partial charge in [-0.05, 0) is 55.5 Å². The van der Waals surface area contributed by atoms with Crippen LogP contribution in [0.3, 0.4) is 0 Å². The van der Waals surface area contributed by atoms with E-state index in [1.54, 1.807) is 24.3 Å². The molecule has 2 aromatic carbocycles. The highest BCUT2D eigenvalue weighted by Gasteiger charge is 2.44. The van der Waals surface area contributed by atoms with Gasteiger partial charge < -0.3 is 19.9 Å². The highest BCUT2D eigenvalue weighted by atomic mass is 32.2. The molecule has 3 aromatic rings. The molecule has 0 bridgehead atoms. The summed E-state index contributed by atoms with van der Waals surface area (Å²) in [5.74, 6) is 0.465. The molecular formula is C30H39N3O7S2. The third kappa shape index (κ3) is 7.12. The maximum Gasteiger partial charge on any atom is 0.244 e.